The zero-order valence-corrected chi connectivity index (χ0v) is 15.8. The normalized spacial score (nSPS) is 16.9. The van der Waals surface area contributed by atoms with Gasteiger partial charge in [-0.05, 0) is 19.8 Å². The maximum Gasteiger partial charge on any atom is 0.263 e. The van der Waals surface area contributed by atoms with E-state index in [1.165, 1.54) is 6.26 Å². The SMILES string of the molecule is CCc1noc(-c2cnc(C)nc2N2CCCC(C(=O)Nc3ccon3)C2)n1. The smallest absolute Gasteiger partial charge is 0.263 e. The van der Waals surface area contributed by atoms with Gasteiger partial charge in [0.15, 0.2) is 11.6 Å². The van der Waals surface area contributed by atoms with E-state index >= 15 is 0 Å². The molecule has 1 N–H and O–H groups in total. The molecule has 10 heteroatoms. The highest BCUT2D eigenvalue weighted by Gasteiger charge is 2.29. The van der Waals surface area contributed by atoms with Crippen LogP contribution in [0.25, 0.3) is 11.5 Å². The van der Waals surface area contributed by atoms with Crippen LogP contribution in [0, 0.1) is 12.8 Å². The van der Waals surface area contributed by atoms with E-state index in [4.69, 9.17) is 9.05 Å². The molecule has 1 aliphatic rings. The third-order valence-electron chi connectivity index (χ3n) is 4.68. The van der Waals surface area contributed by atoms with Crippen molar-refractivity contribution >= 4 is 17.5 Å². The lowest BCUT2D eigenvalue weighted by Crippen LogP contribution is -2.41. The predicted octanol–water partition coefficient (Wildman–Crippen LogP) is 2.24. The van der Waals surface area contributed by atoms with Crippen LogP contribution in [0.1, 0.15) is 31.4 Å². The Kier molecular flexibility index (Phi) is 5.00. The summed E-state index contributed by atoms with van der Waals surface area (Å²) in [6.45, 7) is 5.11. The van der Waals surface area contributed by atoms with Crippen molar-refractivity contribution in [2.24, 2.45) is 5.92 Å². The lowest BCUT2D eigenvalue weighted by atomic mass is 9.97. The molecule has 28 heavy (non-hydrogen) atoms. The molecule has 0 spiro atoms. The Morgan fingerprint density at radius 3 is 3.00 bits per heavy atom. The minimum atomic E-state index is -0.192. The lowest BCUT2D eigenvalue weighted by Gasteiger charge is -2.33. The van der Waals surface area contributed by atoms with Crippen molar-refractivity contribution in [1.82, 2.24) is 25.3 Å². The molecule has 146 valence electrons. The zero-order valence-electron chi connectivity index (χ0n) is 15.8. The molecular weight excluding hydrogens is 362 g/mol. The minimum absolute atomic E-state index is 0.0861. The van der Waals surface area contributed by atoms with Gasteiger partial charge in [-0.2, -0.15) is 4.98 Å². The second kappa shape index (κ2) is 7.75. The fourth-order valence-electron chi connectivity index (χ4n) is 3.25. The van der Waals surface area contributed by atoms with E-state index < -0.39 is 0 Å². The Morgan fingerprint density at radius 1 is 1.36 bits per heavy atom. The quantitative estimate of drug-likeness (QED) is 0.706. The second-order valence-electron chi connectivity index (χ2n) is 6.68. The topological polar surface area (TPSA) is 123 Å². The summed E-state index contributed by atoms with van der Waals surface area (Å²) >= 11 is 0. The van der Waals surface area contributed by atoms with Gasteiger partial charge in [-0.25, -0.2) is 9.97 Å². The Labute approximate surface area is 161 Å². The molecule has 0 saturated carbocycles. The van der Waals surface area contributed by atoms with Gasteiger partial charge in [-0.15, -0.1) is 0 Å². The first-order valence-corrected chi connectivity index (χ1v) is 9.27. The van der Waals surface area contributed by atoms with E-state index in [1.54, 1.807) is 12.3 Å². The number of hydrogen-bond acceptors (Lipinski definition) is 9. The molecule has 1 amide bonds. The maximum absolute atomic E-state index is 12.6. The van der Waals surface area contributed by atoms with Gasteiger partial charge in [-0.3, -0.25) is 4.79 Å². The average molecular weight is 383 g/mol. The summed E-state index contributed by atoms with van der Waals surface area (Å²) in [6.07, 6.45) is 5.46. The molecule has 0 bridgehead atoms. The molecule has 1 fully saturated rings. The van der Waals surface area contributed by atoms with Crippen LogP contribution in [0.3, 0.4) is 0 Å². The summed E-state index contributed by atoms with van der Waals surface area (Å²) in [5, 5.41) is 10.5. The number of aromatic nitrogens is 5. The van der Waals surface area contributed by atoms with E-state index in [1.807, 2.05) is 13.8 Å². The standard InChI is InChI=1S/C18H21N7O3/c1-3-14-22-18(28-24-14)13-9-19-11(2)20-16(13)25-7-4-5-12(10-25)17(26)21-15-6-8-27-23-15/h6,8-9,12H,3-5,7,10H2,1-2H3,(H,21,23,26). The number of carbonyl (C=O) groups excluding carboxylic acids is 1. The summed E-state index contributed by atoms with van der Waals surface area (Å²) in [5.74, 6) is 2.50. The van der Waals surface area contributed by atoms with Crippen molar-refractivity contribution in [3.8, 4) is 11.5 Å². The van der Waals surface area contributed by atoms with Crippen LogP contribution in [0.4, 0.5) is 11.6 Å². The van der Waals surface area contributed by atoms with Gasteiger partial charge >= 0.3 is 0 Å². The van der Waals surface area contributed by atoms with Gasteiger partial charge in [0.05, 0.1) is 5.92 Å². The van der Waals surface area contributed by atoms with Gasteiger partial charge in [-0.1, -0.05) is 17.2 Å². The third kappa shape index (κ3) is 3.71. The molecule has 1 atom stereocenters. The molecule has 0 radical (unpaired) electrons. The Balaban J connectivity index is 1.57. The van der Waals surface area contributed by atoms with E-state index in [9.17, 15) is 4.79 Å². The molecule has 1 unspecified atom stereocenters. The monoisotopic (exact) mass is 383 g/mol. The fourth-order valence-corrected chi connectivity index (χ4v) is 3.25. The van der Waals surface area contributed by atoms with Gasteiger partial charge in [0.1, 0.15) is 23.5 Å². The van der Waals surface area contributed by atoms with Crippen molar-refractivity contribution in [2.45, 2.75) is 33.1 Å². The van der Waals surface area contributed by atoms with E-state index in [-0.39, 0.29) is 11.8 Å². The molecule has 0 aliphatic carbocycles. The van der Waals surface area contributed by atoms with Crippen molar-refractivity contribution in [3.05, 3.63) is 30.2 Å². The van der Waals surface area contributed by atoms with Crippen molar-refractivity contribution in [1.29, 1.82) is 0 Å². The highest BCUT2D eigenvalue weighted by molar-refractivity contribution is 5.92. The zero-order chi connectivity index (χ0) is 19.5. The Hall–Kier alpha value is -3.30. The number of aryl methyl sites for hydroxylation is 2. The summed E-state index contributed by atoms with van der Waals surface area (Å²) < 4.78 is 10.2. The summed E-state index contributed by atoms with van der Waals surface area (Å²) in [5.41, 5.74) is 0.676. The molecule has 3 aromatic rings. The minimum Gasteiger partial charge on any atom is -0.363 e. The number of hydrogen-bond donors (Lipinski definition) is 1. The second-order valence-corrected chi connectivity index (χ2v) is 6.68. The first-order valence-electron chi connectivity index (χ1n) is 9.27. The number of nitrogens with zero attached hydrogens (tertiary/aromatic N) is 6. The van der Waals surface area contributed by atoms with Crippen LogP contribution >= 0.6 is 0 Å². The van der Waals surface area contributed by atoms with Gasteiger partial charge < -0.3 is 19.3 Å². The molecule has 4 heterocycles. The molecule has 3 aromatic heterocycles. The summed E-state index contributed by atoms with van der Waals surface area (Å²) in [7, 11) is 0. The van der Waals surface area contributed by atoms with Crippen molar-refractivity contribution in [2.75, 3.05) is 23.3 Å². The lowest BCUT2D eigenvalue weighted by molar-refractivity contribution is -0.120. The van der Waals surface area contributed by atoms with Crippen LogP contribution in [0.5, 0.6) is 0 Å². The first kappa shape index (κ1) is 18.1. The molecule has 0 aromatic carbocycles. The molecule has 10 nitrogen and oxygen atoms in total. The van der Waals surface area contributed by atoms with Crippen molar-refractivity contribution < 1.29 is 13.8 Å². The Morgan fingerprint density at radius 2 is 2.25 bits per heavy atom. The summed E-state index contributed by atoms with van der Waals surface area (Å²) in [4.78, 5) is 28.0. The van der Waals surface area contributed by atoms with Crippen LogP contribution in [0.15, 0.2) is 27.6 Å². The number of anilines is 2. The molecular formula is C18H21N7O3. The number of nitrogens with one attached hydrogen (secondary N) is 1. The van der Waals surface area contributed by atoms with E-state index in [0.717, 1.165) is 19.4 Å². The highest BCUT2D eigenvalue weighted by Crippen LogP contribution is 2.31. The number of amides is 1. The number of piperidine rings is 1. The number of rotatable bonds is 5. The highest BCUT2D eigenvalue weighted by atomic mass is 16.5. The van der Waals surface area contributed by atoms with Gasteiger partial charge in [0, 0.05) is 31.8 Å². The van der Waals surface area contributed by atoms with Gasteiger partial charge in [0.25, 0.3) is 5.89 Å². The fraction of sp³-hybridized carbons (Fsp3) is 0.444. The van der Waals surface area contributed by atoms with Crippen LogP contribution < -0.4 is 10.2 Å². The molecule has 4 rings (SSSR count). The van der Waals surface area contributed by atoms with Crippen LogP contribution in [-0.2, 0) is 11.2 Å². The van der Waals surface area contributed by atoms with E-state index in [2.05, 4.69) is 35.5 Å². The predicted molar refractivity (Wildman–Crippen MR) is 99.5 cm³/mol. The van der Waals surface area contributed by atoms with Gasteiger partial charge in [0.2, 0.25) is 5.91 Å². The van der Waals surface area contributed by atoms with Crippen LogP contribution in [-0.4, -0.2) is 44.3 Å². The largest absolute Gasteiger partial charge is 0.363 e. The molecule has 1 saturated heterocycles. The molecule has 1 aliphatic heterocycles. The maximum atomic E-state index is 12.6. The number of carbonyl (C=O) groups is 1. The average Bonchev–Trinajstić information content (AvgIpc) is 3.40. The first-order chi connectivity index (χ1) is 13.6. The third-order valence-corrected chi connectivity index (χ3v) is 4.68. The van der Waals surface area contributed by atoms with Crippen molar-refractivity contribution in [3.63, 3.8) is 0 Å². The summed E-state index contributed by atoms with van der Waals surface area (Å²) in [6, 6.07) is 1.62. The Bertz CT molecular complexity index is 954. The van der Waals surface area contributed by atoms with E-state index in [0.29, 0.717) is 47.7 Å². The van der Waals surface area contributed by atoms with Crippen LogP contribution in [0.2, 0.25) is 0 Å².